The second-order valence-electron chi connectivity index (χ2n) is 6.67. The van der Waals surface area contributed by atoms with E-state index in [-0.39, 0.29) is 32.7 Å². The monoisotopic (exact) mass is 483 g/mol. The lowest BCUT2D eigenvalue weighted by Crippen LogP contribution is -2.16. The van der Waals surface area contributed by atoms with Crippen LogP contribution in [-0.4, -0.2) is 49.5 Å². The highest BCUT2D eigenvalue weighted by Crippen LogP contribution is 2.37. The number of ketones is 1. The van der Waals surface area contributed by atoms with Gasteiger partial charge in [0.15, 0.2) is 0 Å². The lowest BCUT2D eigenvalue weighted by atomic mass is 10.0. The Morgan fingerprint density at radius 2 is 1.90 bits per heavy atom. The minimum absolute atomic E-state index is 0.0335. The third-order valence-corrected chi connectivity index (χ3v) is 7.98. The van der Waals surface area contributed by atoms with Gasteiger partial charge in [-0.3, -0.25) is 4.79 Å². The number of ether oxygens (including phenoxy) is 1. The minimum atomic E-state index is -2.54. The average molecular weight is 484 g/mol. The van der Waals surface area contributed by atoms with Crippen molar-refractivity contribution in [1.82, 2.24) is 9.78 Å². The number of benzene rings is 1. The fourth-order valence-corrected chi connectivity index (χ4v) is 6.16. The number of aromatic hydroxyl groups is 1. The number of esters is 1. The van der Waals surface area contributed by atoms with E-state index in [0.29, 0.717) is 18.1 Å². The van der Waals surface area contributed by atoms with Gasteiger partial charge in [-0.05, 0) is 47.8 Å². The summed E-state index contributed by atoms with van der Waals surface area (Å²) in [7, 11) is -1.29. The number of rotatable bonds is 5. The molecule has 0 bridgehead atoms. The highest BCUT2D eigenvalue weighted by Gasteiger charge is 2.26. The van der Waals surface area contributed by atoms with Crippen molar-refractivity contribution in [2.45, 2.75) is 32.7 Å². The van der Waals surface area contributed by atoms with Gasteiger partial charge in [0.2, 0.25) is 11.7 Å². The van der Waals surface area contributed by atoms with E-state index in [9.17, 15) is 18.9 Å². The summed E-state index contributed by atoms with van der Waals surface area (Å²) in [5.41, 5.74) is 0.474. The van der Waals surface area contributed by atoms with Crippen molar-refractivity contribution in [2.24, 2.45) is 4.36 Å². The van der Waals surface area contributed by atoms with E-state index >= 15 is 0 Å². The van der Waals surface area contributed by atoms with Gasteiger partial charge in [-0.2, -0.15) is 9.46 Å². The van der Waals surface area contributed by atoms with Crippen LogP contribution in [0.4, 0.5) is 5.69 Å². The second-order valence-corrected chi connectivity index (χ2v) is 10.0. The number of aromatic nitrogens is 2. The molecule has 2 aromatic rings. The summed E-state index contributed by atoms with van der Waals surface area (Å²) in [5, 5.41) is 14.2. The van der Waals surface area contributed by atoms with Gasteiger partial charge in [-0.1, -0.05) is 6.42 Å². The molecule has 1 aromatic heterocycles. The summed E-state index contributed by atoms with van der Waals surface area (Å²) in [6, 6.07) is 2.88. The maximum atomic E-state index is 13.2. The molecular weight excluding hydrogens is 462 g/mol. The van der Waals surface area contributed by atoms with Gasteiger partial charge < -0.3 is 9.84 Å². The Morgan fingerprint density at radius 3 is 2.48 bits per heavy atom. The van der Waals surface area contributed by atoms with Crippen LogP contribution in [-0.2, 0) is 21.0 Å². The molecule has 0 aliphatic carbocycles. The third kappa shape index (κ3) is 4.23. The summed E-state index contributed by atoms with van der Waals surface area (Å²) < 4.78 is 24.0. The van der Waals surface area contributed by atoms with E-state index in [1.165, 1.54) is 30.1 Å². The molecule has 1 aliphatic rings. The molecule has 0 unspecified atom stereocenters. The Kier molecular flexibility index (Phi) is 6.42. The first-order chi connectivity index (χ1) is 13.8. The van der Waals surface area contributed by atoms with Gasteiger partial charge >= 0.3 is 5.97 Å². The van der Waals surface area contributed by atoms with Crippen molar-refractivity contribution in [1.29, 1.82) is 0 Å². The maximum Gasteiger partial charge on any atom is 0.340 e. The third-order valence-electron chi connectivity index (χ3n) is 4.81. The fraction of sp³-hybridized carbons (Fsp3) is 0.421. The van der Waals surface area contributed by atoms with Crippen LogP contribution in [0.1, 0.15) is 52.5 Å². The van der Waals surface area contributed by atoms with Crippen LogP contribution in [0, 0.1) is 0 Å². The number of methoxy groups -OCH3 is 1. The van der Waals surface area contributed by atoms with Gasteiger partial charge in [0.1, 0.15) is 11.3 Å². The molecule has 10 heteroatoms. The molecule has 29 heavy (non-hydrogen) atoms. The first-order valence-corrected chi connectivity index (χ1v) is 11.9. The zero-order chi connectivity index (χ0) is 21.2. The molecule has 3 rings (SSSR count). The van der Waals surface area contributed by atoms with E-state index in [1.54, 1.807) is 6.92 Å². The Labute approximate surface area is 177 Å². The number of hydrogen-bond donors (Lipinski definition) is 1. The zero-order valence-electron chi connectivity index (χ0n) is 16.2. The molecule has 0 atom stereocenters. The highest BCUT2D eigenvalue weighted by atomic mass is 79.9. The molecule has 0 saturated carbocycles. The van der Waals surface area contributed by atoms with E-state index in [0.717, 1.165) is 19.3 Å². The Balaban J connectivity index is 2.17. The van der Waals surface area contributed by atoms with Crippen LogP contribution >= 0.6 is 15.9 Å². The number of hydrogen-bond acceptors (Lipinski definition) is 7. The first-order valence-electron chi connectivity index (χ1n) is 9.24. The normalized spacial score (nSPS) is 15.7. The van der Waals surface area contributed by atoms with Crippen LogP contribution in [0.25, 0.3) is 0 Å². The van der Waals surface area contributed by atoms with Gasteiger partial charge in [0, 0.05) is 23.6 Å². The number of aryl methyl sites for hydroxylation is 1. The average Bonchev–Trinajstić information content (AvgIpc) is 3.09. The quantitative estimate of drug-likeness (QED) is 0.512. The molecule has 0 amide bonds. The van der Waals surface area contributed by atoms with Gasteiger partial charge in [0.25, 0.3) is 0 Å². The van der Waals surface area contributed by atoms with Gasteiger partial charge in [0.05, 0.1) is 33.1 Å². The topological polar surface area (TPSA) is 111 Å². The van der Waals surface area contributed by atoms with Gasteiger partial charge in [-0.15, -0.1) is 0 Å². The molecule has 1 N–H and O–H groups in total. The van der Waals surface area contributed by atoms with Crippen molar-refractivity contribution in [2.75, 3.05) is 18.6 Å². The number of carbonyl (C=O) groups is 2. The largest absolute Gasteiger partial charge is 0.493 e. The molecule has 1 fully saturated rings. The van der Waals surface area contributed by atoms with Crippen molar-refractivity contribution in [3.05, 3.63) is 39.5 Å². The number of carbonyl (C=O) groups excluding carboxylic acids is 2. The molecule has 156 valence electrons. The highest BCUT2D eigenvalue weighted by molar-refractivity contribution is 9.10. The molecule has 8 nitrogen and oxygen atoms in total. The fourth-order valence-electron chi connectivity index (χ4n) is 3.21. The van der Waals surface area contributed by atoms with Crippen molar-refractivity contribution in [3.8, 4) is 5.88 Å². The van der Waals surface area contributed by atoms with E-state index in [2.05, 4.69) is 25.4 Å². The summed E-state index contributed by atoms with van der Waals surface area (Å²) in [6.07, 6.45) is 3.89. The summed E-state index contributed by atoms with van der Waals surface area (Å²) in [5.74, 6) is -0.465. The zero-order valence-corrected chi connectivity index (χ0v) is 18.6. The van der Waals surface area contributed by atoms with E-state index in [1.807, 2.05) is 0 Å². The standard InChI is InChI=1S/C19H22BrN3O5S/c1-3-23-18(25)14(11-21-23)17(24)12-7-8-13(19(26)28-2)16(15(12)20)22-29(27)9-5-4-6-10-29/h7-8,11,25H,3-6,9-10H2,1-2H3. The Hall–Kier alpha value is -2.20. The number of halogens is 1. The van der Waals surface area contributed by atoms with E-state index < -0.39 is 21.5 Å². The minimum Gasteiger partial charge on any atom is -0.493 e. The van der Waals surface area contributed by atoms with E-state index in [4.69, 9.17) is 4.74 Å². The molecule has 0 spiro atoms. The molecular formula is C19H22BrN3O5S. The smallest absolute Gasteiger partial charge is 0.340 e. The lowest BCUT2D eigenvalue weighted by molar-refractivity contribution is 0.0601. The van der Waals surface area contributed by atoms with Crippen molar-refractivity contribution < 1.29 is 23.6 Å². The van der Waals surface area contributed by atoms with Crippen LogP contribution in [0.2, 0.25) is 0 Å². The summed E-state index contributed by atoms with van der Waals surface area (Å²) in [6.45, 7) is 2.20. The molecule has 1 saturated heterocycles. The Bertz CT molecular complexity index is 1070. The second kappa shape index (κ2) is 8.66. The summed E-state index contributed by atoms with van der Waals surface area (Å²) >= 11 is 3.37. The molecule has 1 aromatic carbocycles. The van der Waals surface area contributed by atoms with Crippen LogP contribution in [0.15, 0.2) is 27.2 Å². The van der Waals surface area contributed by atoms with Crippen LogP contribution in [0.5, 0.6) is 5.88 Å². The molecule has 2 heterocycles. The maximum absolute atomic E-state index is 13.2. The lowest BCUT2D eigenvalue weighted by Gasteiger charge is -2.17. The molecule has 1 aliphatic heterocycles. The van der Waals surface area contributed by atoms with Crippen LogP contribution < -0.4 is 0 Å². The van der Waals surface area contributed by atoms with Crippen LogP contribution in [0.3, 0.4) is 0 Å². The SMILES string of the molecule is CCn1ncc(C(=O)c2ccc(C(=O)OC)c(N=S3(=O)CCCCC3)c2Br)c1O. The Morgan fingerprint density at radius 1 is 1.24 bits per heavy atom. The molecule has 0 radical (unpaired) electrons. The van der Waals surface area contributed by atoms with Crippen molar-refractivity contribution >= 4 is 43.1 Å². The first kappa shape index (κ1) is 21.5. The number of nitrogens with zero attached hydrogens (tertiary/aromatic N) is 3. The predicted molar refractivity (Wildman–Crippen MR) is 112 cm³/mol. The van der Waals surface area contributed by atoms with Crippen molar-refractivity contribution in [3.63, 3.8) is 0 Å². The summed E-state index contributed by atoms with van der Waals surface area (Å²) in [4.78, 5) is 25.3. The predicted octanol–water partition coefficient (Wildman–Crippen LogP) is 3.67. The van der Waals surface area contributed by atoms with Gasteiger partial charge in [-0.25, -0.2) is 13.7 Å².